The molecule has 0 spiro atoms. The maximum absolute atomic E-state index is 11.9. The van der Waals surface area contributed by atoms with Crippen LogP contribution in [0.4, 0.5) is 0 Å². The first-order valence-corrected chi connectivity index (χ1v) is 6.32. The predicted octanol–water partition coefficient (Wildman–Crippen LogP) is 3.72. The normalized spacial score (nSPS) is 10.2. The Hall–Kier alpha value is -1.61. The average molecular weight is 246 g/mol. The molecule has 0 atom stereocenters. The van der Waals surface area contributed by atoms with E-state index >= 15 is 0 Å². The van der Waals surface area contributed by atoms with Gasteiger partial charge in [-0.1, -0.05) is 18.2 Å². The van der Waals surface area contributed by atoms with E-state index in [1.54, 1.807) is 17.4 Å². The first-order chi connectivity index (χ1) is 8.18. The van der Waals surface area contributed by atoms with Crippen molar-refractivity contribution in [3.63, 3.8) is 0 Å². The second kappa shape index (κ2) is 5.15. The molecule has 0 fully saturated rings. The van der Waals surface area contributed by atoms with Crippen LogP contribution < -0.4 is 0 Å². The third-order valence-electron chi connectivity index (χ3n) is 2.75. The Morgan fingerprint density at radius 1 is 1.24 bits per heavy atom. The van der Waals surface area contributed by atoms with Gasteiger partial charge in [0.1, 0.15) is 6.61 Å². The van der Waals surface area contributed by atoms with Gasteiger partial charge in [0, 0.05) is 4.88 Å². The molecule has 0 amide bonds. The smallest absolute Gasteiger partial charge is 0.338 e. The lowest BCUT2D eigenvalue weighted by molar-refractivity contribution is 0.0476. The number of ether oxygens (including phenoxy) is 1. The van der Waals surface area contributed by atoms with Crippen LogP contribution in [0.3, 0.4) is 0 Å². The standard InChI is InChI=1S/C14H14O2S/c1-10-5-3-7-13(11(10)2)14(15)16-9-12-6-4-8-17-12/h3-8H,9H2,1-2H3. The molecule has 1 aromatic heterocycles. The Bertz CT molecular complexity index is 515. The van der Waals surface area contributed by atoms with Crippen molar-refractivity contribution in [2.24, 2.45) is 0 Å². The molecule has 0 saturated heterocycles. The number of esters is 1. The topological polar surface area (TPSA) is 26.3 Å². The van der Waals surface area contributed by atoms with Crippen LogP contribution in [0.1, 0.15) is 26.4 Å². The summed E-state index contributed by atoms with van der Waals surface area (Å²) in [6, 6.07) is 9.58. The Kier molecular flexibility index (Phi) is 3.59. The first-order valence-electron chi connectivity index (χ1n) is 5.44. The summed E-state index contributed by atoms with van der Waals surface area (Å²) in [4.78, 5) is 13.0. The van der Waals surface area contributed by atoms with E-state index in [4.69, 9.17) is 4.74 Å². The van der Waals surface area contributed by atoms with Crippen LogP contribution >= 0.6 is 11.3 Å². The maximum atomic E-state index is 11.9. The SMILES string of the molecule is Cc1cccc(C(=O)OCc2cccs2)c1C. The van der Waals surface area contributed by atoms with Gasteiger partial charge in [0.05, 0.1) is 5.56 Å². The zero-order chi connectivity index (χ0) is 12.3. The second-order valence-electron chi connectivity index (χ2n) is 3.90. The fourth-order valence-electron chi connectivity index (χ4n) is 1.58. The number of benzene rings is 1. The molecule has 0 aliphatic heterocycles. The molecular formula is C14H14O2S. The van der Waals surface area contributed by atoms with Gasteiger partial charge in [0.15, 0.2) is 0 Å². The van der Waals surface area contributed by atoms with E-state index in [0.29, 0.717) is 12.2 Å². The van der Waals surface area contributed by atoms with E-state index in [9.17, 15) is 4.79 Å². The van der Waals surface area contributed by atoms with Crippen molar-refractivity contribution < 1.29 is 9.53 Å². The molecule has 88 valence electrons. The number of carbonyl (C=O) groups is 1. The number of carbonyl (C=O) groups excluding carboxylic acids is 1. The van der Waals surface area contributed by atoms with Crippen LogP contribution in [0.15, 0.2) is 35.7 Å². The highest BCUT2D eigenvalue weighted by atomic mass is 32.1. The van der Waals surface area contributed by atoms with Gasteiger partial charge in [-0.15, -0.1) is 11.3 Å². The quantitative estimate of drug-likeness (QED) is 0.771. The zero-order valence-corrected chi connectivity index (χ0v) is 10.7. The number of hydrogen-bond donors (Lipinski definition) is 0. The summed E-state index contributed by atoms with van der Waals surface area (Å²) in [5.74, 6) is -0.250. The van der Waals surface area contributed by atoms with Crippen molar-refractivity contribution >= 4 is 17.3 Å². The lowest BCUT2D eigenvalue weighted by atomic mass is 10.0. The molecular weight excluding hydrogens is 232 g/mol. The van der Waals surface area contributed by atoms with Gasteiger partial charge in [-0.25, -0.2) is 4.79 Å². The molecule has 0 saturated carbocycles. The van der Waals surface area contributed by atoms with Gasteiger partial charge in [-0.2, -0.15) is 0 Å². The van der Waals surface area contributed by atoms with Gasteiger partial charge < -0.3 is 4.74 Å². The fourth-order valence-corrected chi connectivity index (χ4v) is 2.20. The largest absolute Gasteiger partial charge is 0.456 e. The number of hydrogen-bond acceptors (Lipinski definition) is 3. The highest BCUT2D eigenvalue weighted by Gasteiger charge is 2.11. The van der Waals surface area contributed by atoms with Crippen molar-refractivity contribution in [3.05, 3.63) is 57.3 Å². The monoisotopic (exact) mass is 246 g/mol. The molecule has 0 unspecified atom stereocenters. The third-order valence-corrected chi connectivity index (χ3v) is 3.60. The molecule has 1 aromatic carbocycles. The molecule has 17 heavy (non-hydrogen) atoms. The molecule has 0 bridgehead atoms. The van der Waals surface area contributed by atoms with E-state index < -0.39 is 0 Å². The molecule has 2 aromatic rings. The van der Waals surface area contributed by atoms with Crippen LogP contribution in [0.2, 0.25) is 0 Å². The molecule has 2 nitrogen and oxygen atoms in total. The van der Waals surface area contributed by atoms with Gasteiger partial charge in [0.25, 0.3) is 0 Å². The lowest BCUT2D eigenvalue weighted by Gasteiger charge is -2.08. The van der Waals surface area contributed by atoms with Crippen LogP contribution in [-0.4, -0.2) is 5.97 Å². The minimum atomic E-state index is -0.250. The van der Waals surface area contributed by atoms with Gasteiger partial charge >= 0.3 is 5.97 Å². The summed E-state index contributed by atoms with van der Waals surface area (Å²) in [7, 11) is 0. The molecule has 0 N–H and O–H groups in total. The van der Waals surface area contributed by atoms with E-state index in [2.05, 4.69) is 0 Å². The third kappa shape index (κ3) is 2.74. The number of thiophene rings is 1. The van der Waals surface area contributed by atoms with E-state index in [0.717, 1.165) is 16.0 Å². The van der Waals surface area contributed by atoms with E-state index in [1.165, 1.54) is 0 Å². The van der Waals surface area contributed by atoms with Crippen LogP contribution in [-0.2, 0) is 11.3 Å². The average Bonchev–Trinajstić information content (AvgIpc) is 2.82. The maximum Gasteiger partial charge on any atom is 0.338 e. The summed E-state index contributed by atoms with van der Waals surface area (Å²) < 4.78 is 5.28. The summed E-state index contributed by atoms with van der Waals surface area (Å²) in [5.41, 5.74) is 2.75. The van der Waals surface area contributed by atoms with Crippen molar-refractivity contribution in [2.45, 2.75) is 20.5 Å². The van der Waals surface area contributed by atoms with Crippen molar-refractivity contribution in [1.82, 2.24) is 0 Å². The van der Waals surface area contributed by atoms with Crippen LogP contribution in [0, 0.1) is 13.8 Å². The van der Waals surface area contributed by atoms with Gasteiger partial charge in [-0.05, 0) is 42.5 Å². The van der Waals surface area contributed by atoms with Gasteiger partial charge in [0.2, 0.25) is 0 Å². The fraction of sp³-hybridized carbons (Fsp3) is 0.214. The highest BCUT2D eigenvalue weighted by molar-refractivity contribution is 7.09. The minimum absolute atomic E-state index is 0.250. The minimum Gasteiger partial charge on any atom is -0.456 e. The zero-order valence-electron chi connectivity index (χ0n) is 9.90. The highest BCUT2D eigenvalue weighted by Crippen LogP contribution is 2.16. The lowest BCUT2D eigenvalue weighted by Crippen LogP contribution is -2.07. The Morgan fingerprint density at radius 2 is 2.06 bits per heavy atom. The summed E-state index contributed by atoms with van der Waals surface area (Å²) >= 11 is 1.59. The Morgan fingerprint density at radius 3 is 2.76 bits per heavy atom. The molecule has 1 heterocycles. The summed E-state index contributed by atoms with van der Waals surface area (Å²) in [6.07, 6.45) is 0. The summed E-state index contributed by atoms with van der Waals surface area (Å²) in [6.45, 7) is 4.28. The predicted molar refractivity (Wildman–Crippen MR) is 69.4 cm³/mol. The van der Waals surface area contributed by atoms with Crippen LogP contribution in [0.25, 0.3) is 0 Å². The molecule has 0 aliphatic carbocycles. The molecule has 0 radical (unpaired) electrons. The number of aryl methyl sites for hydroxylation is 1. The summed E-state index contributed by atoms with van der Waals surface area (Å²) in [5, 5.41) is 1.97. The van der Waals surface area contributed by atoms with Crippen molar-refractivity contribution in [2.75, 3.05) is 0 Å². The first kappa shape index (κ1) is 11.9. The van der Waals surface area contributed by atoms with Crippen molar-refractivity contribution in [1.29, 1.82) is 0 Å². The van der Waals surface area contributed by atoms with Crippen molar-refractivity contribution in [3.8, 4) is 0 Å². The number of rotatable bonds is 3. The van der Waals surface area contributed by atoms with E-state index in [-0.39, 0.29) is 5.97 Å². The second-order valence-corrected chi connectivity index (χ2v) is 4.94. The van der Waals surface area contributed by atoms with Gasteiger partial charge in [-0.3, -0.25) is 0 Å². The molecule has 3 heteroatoms. The van der Waals surface area contributed by atoms with E-state index in [1.807, 2.05) is 43.5 Å². The Labute approximate surface area is 105 Å². The molecule has 2 rings (SSSR count). The Balaban J connectivity index is 2.07. The van der Waals surface area contributed by atoms with Crippen LogP contribution in [0.5, 0.6) is 0 Å². The molecule has 0 aliphatic rings.